The number of aryl methyl sites for hydroxylation is 1. The van der Waals surface area contributed by atoms with Crippen LogP contribution in [0, 0.1) is 6.92 Å². The lowest BCUT2D eigenvalue weighted by molar-refractivity contribution is 0.315. The topological polar surface area (TPSA) is 58.4 Å². The van der Waals surface area contributed by atoms with Gasteiger partial charge in [0.1, 0.15) is 5.01 Å². The molecule has 0 bridgehead atoms. The van der Waals surface area contributed by atoms with Gasteiger partial charge < -0.3 is 5.21 Å². The van der Waals surface area contributed by atoms with Crippen LogP contribution in [-0.4, -0.2) is 26.4 Å². The Morgan fingerprint density at radius 1 is 1.05 bits per heavy atom. The summed E-state index contributed by atoms with van der Waals surface area (Å²) in [5, 5.41) is 22.5. The van der Waals surface area contributed by atoms with E-state index in [4.69, 9.17) is 0 Å². The fourth-order valence-electron chi connectivity index (χ4n) is 2.71. The van der Waals surface area contributed by atoms with Crippen molar-refractivity contribution < 1.29 is 5.21 Å². The zero-order valence-electron chi connectivity index (χ0n) is 12.8. The lowest BCUT2D eigenvalue weighted by Gasteiger charge is -2.17. The number of oxime groups is 1. The first-order valence-electron chi connectivity index (χ1n) is 7.97. The molecule has 1 aromatic rings. The molecule has 1 fully saturated rings. The van der Waals surface area contributed by atoms with Gasteiger partial charge in [0.25, 0.3) is 0 Å². The van der Waals surface area contributed by atoms with Gasteiger partial charge in [0, 0.05) is 0 Å². The molecule has 118 valence electrons. The van der Waals surface area contributed by atoms with E-state index in [-0.39, 0.29) is 5.25 Å². The third-order valence-electron chi connectivity index (χ3n) is 3.90. The van der Waals surface area contributed by atoms with Gasteiger partial charge in [-0.05, 0) is 26.2 Å². The Labute approximate surface area is 135 Å². The molecule has 1 aliphatic rings. The normalized spacial score (nSPS) is 24.4. The molecule has 1 N–H and O–H groups in total. The summed E-state index contributed by atoms with van der Waals surface area (Å²) in [6.07, 6.45) is 12.2. The van der Waals surface area contributed by atoms with Gasteiger partial charge in [-0.2, -0.15) is 0 Å². The van der Waals surface area contributed by atoms with E-state index in [1.165, 1.54) is 44.9 Å². The van der Waals surface area contributed by atoms with Gasteiger partial charge in [-0.15, -0.1) is 10.2 Å². The SMILES string of the molecule is Cc1nnc(SC2CCCCCCCCCC/C2=N/O)s1. The Balaban J connectivity index is 1.99. The van der Waals surface area contributed by atoms with Crippen LogP contribution in [0.5, 0.6) is 0 Å². The molecule has 2 rings (SSSR count). The molecule has 0 amide bonds. The van der Waals surface area contributed by atoms with E-state index in [1.807, 2.05) is 6.92 Å². The van der Waals surface area contributed by atoms with Crippen LogP contribution in [0.25, 0.3) is 0 Å². The number of thioether (sulfide) groups is 1. The van der Waals surface area contributed by atoms with Gasteiger partial charge in [0.05, 0.1) is 11.0 Å². The largest absolute Gasteiger partial charge is 0.411 e. The maximum atomic E-state index is 9.39. The van der Waals surface area contributed by atoms with Crippen LogP contribution in [0.15, 0.2) is 9.50 Å². The van der Waals surface area contributed by atoms with Crippen molar-refractivity contribution in [2.75, 3.05) is 0 Å². The number of hydrogen-bond donors (Lipinski definition) is 1. The molecule has 1 saturated carbocycles. The minimum atomic E-state index is 0.252. The first-order valence-corrected chi connectivity index (χ1v) is 9.67. The van der Waals surface area contributed by atoms with Crippen LogP contribution in [0.1, 0.15) is 69.2 Å². The summed E-state index contributed by atoms with van der Waals surface area (Å²) in [5.74, 6) is 0. The molecular formula is C15H25N3OS2. The number of aromatic nitrogens is 2. The summed E-state index contributed by atoms with van der Waals surface area (Å²) < 4.78 is 0.991. The highest BCUT2D eigenvalue weighted by Gasteiger charge is 2.20. The quantitative estimate of drug-likeness (QED) is 0.610. The van der Waals surface area contributed by atoms with Crippen LogP contribution in [0.2, 0.25) is 0 Å². The maximum absolute atomic E-state index is 9.39. The van der Waals surface area contributed by atoms with Gasteiger partial charge in [0.2, 0.25) is 0 Å². The minimum absolute atomic E-state index is 0.252. The molecular weight excluding hydrogens is 302 g/mol. The highest BCUT2D eigenvalue weighted by Crippen LogP contribution is 2.31. The highest BCUT2D eigenvalue weighted by molar-refractivity contribution is 8.02. The Kier molecular flexibility index (Phi) is 7.50. The fourth-order valence-corrected chi connectivity index (χ4v) is 4.95. The zero-order chi connectivity index (χ0) is 14.9. The van der Waals surface area contributed by atoms with E-state index in [0.29, 0.717) is 0 Å². The summed E-state index contributed by atoms with van der Waals surface area (Å²) in [6.45, 7) is 1.98. The van der Waals surface area contributed by atoms with Crippen molar-refractivity contribution >= 4 is 28.8 Å². The molecule has 0 aromatic carbocycles. The Morgan fingerprint density at radius 3 is 2.33 bits per heavy atom. The van der Waals surface area contributed by atoms with E-state index in [0.717, 1.165) is 34.3 Å². The van der Waals surface area contributed by atoms with E-state index in [2.05, 4.69) is 15.4 Å². The van der Waals surface area contributed by atoms with Gasteiger partial charge in [0.15, 0.2) is 4.34 Å². The van der Waals surface area contributed by atoms with Crippen molar-refractivity contribution in [2.24, 2.45) is 5.16 Å². The molecule has 1 heterocycles. The summed E-state index contributed by atoms with van der Waals surface area (Å²) in [5.41, 5.74) is 0.938. The van der Waals surface area contributed by atoms with Crippen molar-refractivity contribution in [3.63, 3.8) is 0 Å². The molecule has 0 spiro atoms. The molecule has 0 radical (unpaired) electrons. The average molecular weight is 328 g/mol. The van der Waals surface area contributed by atoms with Crippen LogP contribution in [0.3, 0.4) is 0 Å². The molecule has 1 aromatic heterocycles. The lowest BCUT2D eigenvalue weighted by Crippen LogP contribution is -2.18. The Morgan fingerprint density at radius 2 is 1.71 bits per heavy atom. The van der Waals surface area contributed by atoms with Gasteiger partial charge >= 0.3 is 0 Å². The van der Waals surface area contributed by atoms with Gasteiger partial charge in [-0.3, -0.25) is 0 Å². The zero-order valence-corrected chi connectivity index (χ0v) is 14.4. The maximum Gasteiger partial charge on any atom is 0.174 e. The van der Waals surface area contributed by atoms with Crippen LogP contribution < -0.4 is 0 Å². The predicted octanol–water partition coefficient (Wildman–Crippen LogP) is 5.05. The molecule has 4 nitrogen and oxygen atoms in total. The lowest BCUT2D eigenvalue weighted by atomic mass is 9.99. The molecule has 0 saturated heterocycles. The van der Waals surface area contributed by atoms with Crippen molar-refractivity contribution in [1.82, 2.24) is 10.2 Å². The molecule has 1 unspecified atom stereocenters. The fraction of sp³-hybridized carbons (Fsp3) is 0.800. The van der Waals surface area contributed by atoms with E-state index in [9.17, 15) is 5.21 Å². The summed E-state index contributed by atoms with van der Waals surface area (Å²) in [7, 11) is 0. The third kappa shape index (κ3) is 5.94. The first-order chi connectivity index (χ1) is 10.3. The van der Waals surface area contributed by atoms with Crippen molar-refractivity contribution in [3.05, 3.63) is 5.01 Å². The predicted molar refractivity (Wildman–Crippen MR) is 89.7 cm³/mol. The first kappa shape index (κ1) is 16.7. The smallest absolute Gasteiger partial charge is 0.174 e. The third-order valence-corrected chi connectivity index (χ3v) is 6.15. The number of rotatable bonds is 2. The molecule has 21 heavy (non-hydrogen) atoms. The number of hydrogen-bond acceptors (Lipinski definition) is 6. The minimum Gasteiger partial charge on any atom is -0.411 e. The standard InChI is InChI=1S/C15H25N3OS2/c1-12-16-17-15(20-12)21-14-11-9-7-5-3-2-4-6-8-10-13(14)18-19/h14,19H,2-11H2,1H3/b18-13-. The van der Waals surface area contributed by atoms with E-state index < -0.39 is 0 Å². The second kappa shape index (κ2) is 9.41. The van der Waals surface area contributed by atoms with Crippen LogP contribution in [0.4, 0.5) is 0 Å². The molecule has 6 heteroatoms. The van der Waals surface area contributed by atoms with Crippen LogP contribution >= 0.6 is 23.1 Å². The Hall–Kier alpha value is -0.620. The average Bonchev–Trinajstić information content (AvgIpc) is 2.87. The highest BCUT2D eigenvalue weighted by atomic mass is 32.2. The van der Waals surface area contributed by atoms with E-state index >= 15 is 0 Å². The monoisotopic (exact) mass is 327 g/mol. The van der Waals surface area contributed by atoms with Crippen molar-refractivity contribution in [3.8, 4) is 0 Å². The molecule has 0 aliphatic heterocycles. The van der Waals surface area contributed by atoms with Crippen molar-refractivity contribution in [1.29, 1.82) is 0 Å². The molecule has 1 aliphatic carbocycles. The number of nitrogens with zero attached hydrogens (tertiary/aromatic N) is 3. The summed E-state index contributed by atoms with van der Waals surface area (Å²) in [6, 6.07) is 0. The summed E-state index contributed by atoms with van der Waals surface area (Å²) >= 11 is 3.35. The summed E-state index contributed by atoms with van der Waals surface area (Å²) in [4.78, 5) is 0. The van der Waals surface area contributed by atoms with Gasteiger partial charge in [-0.25, -0.2) is 0 Å². The van der Waals surface area contributed by atoms with Crippen molar-refractivity contribution in [2.45, 2.75) is 80.7 Å². The Bertz CT molecular complexity index is 448. The van der Waals surface area contributed by atoms with Crippen LogP contribution in [-0.2, 0) is 0 Å². The second-order valence-electron chi connectivity index (χ2n) is 5.65. The second-order valence-corrected chi connectivity index (χ2v) is 8.28. The van der Waals surface area contributed by atoms with E-state index in [1.54, 1.807) is 23.1 Å². The van der Waals surface area contributed by atoms with Gasteiger partial charge in [-0.1, -0.05) is 73.2 Å². The molecule has 1 atom stereocenters.